The molecular weight excluding hydrogens is 408 g/mol. The first kappa shape index (κ1) is 19.3. The van der Waals surface area contributed by atoms with Crippen molar-refractivity contribution < 1.29 is 42.9 Å². The Labute approximate surface area is 176 Å². The Morgan fingerprint density at radius 3 is 2.42 bits per heavy atom. The Hall–Kier alpha value is -3.62. The monoisotopic (exact) mass is 426 g/mol. The smallest absolute Gasteiger partial charge is 0.310 e. The third-order valence-corrected chi connectivity index (χ3v) is 6.03. The lowest BCUT2D eigenvalue weighted by molar-refractivity contribution is -0.152. The fourth-order valence-corrected chi connectivity index (χ4v) is 4.77. The summed E-state index contributed by atoms with van der Waals surface area (Å²) in [7, 11) is 1.30. The number of hydrogen-bond donors (Lipinski definition) is 0. The molecule has 0 spiro atoms. The highest BCUT2D eigenvalue weighted by Gasteiger charge is 2.54. The lowest BCUT2D eigenvalue weighted by atomic mass is 9.65. The van der Waals surface area contributed by atoms with Crippen LogP contribution in [0.25, 0.3) is 0 Å². The molecule has 4 aliphatic rings. The normalized spacial score (nSPS) is 28.3. The van der Waals surface area contributed by atoms with E-state index in [9.17, 15) is 19.2 Å². The Bertz CT molecular complexity index is 1100. The molecule has 0 saturated carbocycles. The quantitative estimate of drug-likeness (QED) is 0.403. The van der Waals surface area contributed by atoms with Gasteiger partial charge in [-0.25, -0.2) is 0 Å². The summed E-state index contributed by atoms with van der Waals surface area (Å²) >= 11 is 0. The molecule has 1 aromatic rings. The molecule has 1 aromatic carbocycles. The molecule has 0 N–H and O–H groups in total. The molecule has 0 radical (unpaired) electrons. The third kappa shape index (κ3) is 2.91. The molecule has 1 fully saturated rings. The van der Waals surface area contributed by atoms with Crippen molar-refractivity contribution in [3.8, 4) is 11.5 Å². The summed E-state index contributed by atoms with van der Waals surface area (Å²) in [4.78, 5) is 49.0. The van der Waals surface area contributed by atoms with Gasteiger partial charge in [0.2, 0.25) is 12.6 Å². The van der Waals surface area contributed by atoms with Crippen molar-refractivity contribution in [3.05, 3.63) is 46.7 Å². The molecule has 0 bridgehead atoms. The van der Waals surface area contributed by atoms with Crippen LogP contribution in [0, 0.1) is 11.8 Å². The predicted octanol–water partition coefficient (Wildman–Crippen LogP) is 1.51. The van der Waals surface area contributed by atoms with Gasteiger partial charge in [0.15, 0.2) is 17.3 Å². The van der Waals surface area contributed by atoms with Crippen LogP contribution >= 0.6 is 0 Å². The van der Waals surface area contributed by atoms with Gasteiger partial charge in [-0.3, -0.25) is 19.2 Å². The van der Waals surface area contributed by atoms with E-state index in [1.165, 1.54) is 26.2 Å². The van der Waals surface area contributed by atoms with E-state index in [1.807, 2.05) is 0 Å². The van der Waals surface area contributed by atoms with Crippen molar-refractivity contribution in [3.63, 3.8) is 0 Å². The minimum atomic E-state index is -0.753. The number of Topliss-reactive ketones (excluding diaryl/α,β-unsaturated/α-hetero) is 1. The highest BCUT2D eigenvalue weighted by molar-refractivity contribution is 6.47. The summed E-state index contributed by atoms with van der Waals surface area (Å²) in [6, 6.07) is 3.46. The summed E-state index contributed by atoms with van der Waals surface area (Å²) < 4.78 is 27.0. The van der Waals surface area contributed by atoms with E-state index in [2.05, 4.69) is 0 Å². The number of allylic oxidation sites excluding steroid dienone is 4. The summed E-state index contributed by atoms with van der Waals surface area (Å²) in [5.74, 6) is -3.40. The molecular formula is C22H18O9. The fraction of sp³-hybridized carbons (Fsp3) is 0.364. The van der Waals surface area contributed by atoms with Crippen molar-refractivity contribution >= 4 is 23.5 Å². The van der Waals surface area contributed by atoms with Gasteiger partial charge in [0.25, 0.3) is 5.78 Å². The highest BCUT2D eigenvalue weighted by Crippen LogP contribution is 2.55. The number of ether oxygens (including phenoxy) is 5. The van der Waals surface area contributed by atoms with Crippen molar-refractivity contribution in [2.75, 3.05) is 20.5 Å². The number of esters is 2. The first-order chi connectivity index (χ1) is 14.9. The lowest BCUT2D eigenvalue weighted by Gasteiger charge is -2.39. The topological polar surface area (TPSA) is 114 Å². The van der Waals surface area contributed by atoms with Crippen LogP contribution in [0.2, 0.25) is 0 Å². The summed E-state index contributed by atoms with van der Waals surface area (Å²) in [6.45, 7) is 1.40. The summed E-state index contributed by atoms with van der Waals surface area (Å²) in [6.07, 6.45) is 1.96. The largest absolute Gasteiger partial charge is 0.492 e. The van der Waals surface area contributed by atoms with Gasteiger partial charge < -0.3 is 23.7 Å². The van der Waals surface area contributed by atoms with Crippen molar-refractivity contribution in [2.45, 2.75) is 18.9 Å². The van der Waals surface area contributed by atoms with Gasteiger partial charge in [-0.05, 0) is 35.4 Å². The fourth-order valence-electron chi connectivity index (χ4n) is 4.77. The number of benzene rings is 1. The molecule has 2 aliphatic carbocycles. The standard InChI is InChI=1S/C22H18O9/c1-9(23)31-21-12-6-16-15(29-8-30-16)5-11(12)18(19-13(21)7-28-22(19)26)10-3-14(24)20(25)17(4-10)27-2/h3-6,13,18-19,21H,7-8H2,1-2H3/t13-,18+,19-,21-/m0/s1. The molecule has 0 aromatic heterocycles. The first-order valence-corrected chi connectivity index (χ1v) is 9.72. The molecule has 0 amide bonds. The van der Waals surface area contributed by atoms with Crippen LogP contribution in [0.3, 0.4) is 0 Å². The third-order valence-electron chi connectivity index (χ3n) is 6.03. The van der Waals surface area contributed by atoms with Crippen molar-refractivity contribution in [1.29, 1.82) is 0 Å². The number of hydrogen-bond acceptors (Lipinski definition) is 9. The molecule has 4 atom stereocenters. The zero-order valence-electron chi connectivity index (χ0n) is 16.7. The van der Waals surface area contributed by atoms with E-state index in [-0.39, 0.29) is 19.2 Å². The number of carbonyl (C=O) groups excluding carboxylic acids is 4. The maximum Gasteiger partial charge on any atom is 0.310 e. The lowest BCUT2D eigenvalue weighted by Crippen LogP contribution is -2.37. The summed E-state index contributed by atoms with van der Waals surface area (Å²) in [5, 5.41) is 0. The van der Waals surface area contributed by atoms with Crippen molar-refractivity contribution in [1.82, 2.24) is 0 Å². The van der Waals surface area contributed by atoms with Gasteiger partial charge in [-0.1, -0.05) is 0 Å². The molecule has 5 rings (SSSR count). The molecule has 1 saturated heterocycles. The van der Waals surface area contributed by atoms with Gasteiger partial charge in [0, 0.05) is 24.3 Å². The Balaban J connectivity index is 1.72. The Kier molecular flexibility index (Phi) is 4.35. The number of ketones is 2. The average molecular weight is 426 g/mol. The Morgan fingerprint density at radius 2 is 1.74 bits per heavy atom. The van der Waals surface area contributed by atoms with Gasteiger partial charge in [0.05, 0.1) is 19.6 Å². The Morgan fingerprint density at radius 1 is 1.03 bits per heavy atom. The van der Waals surface area contributed by atoms with E-state index >= 15 is 0 Å². The molecule has 0 unspecified atom stereocenters. The molecule has 2 aliphatic heterocycles. The van der Waals surface area contributed by atoms with Crippen LogP contribution in [-0.4, -0.2) is 44.0 Å². The van der Waals surface area contributed by atoms with Gasteiger partial charge in [-0.2, -0.15) is 0 Å². The number of carbonyl (C=O) groups is 4. The van der Waals surface area contributed by atoms with Crippen LogP contribution in [-0.2, 0) is 33.4 Å². The van der Waals surface area contributed by atoms with Crippen LogP contribution in [0.4, 0.5) is 0 Å². The van der Waals surface area contributed by atoms with E-state index in [4.69, 9.17) is 23.7 Å². The average Bonchev–Trinajstić information content (AvgIpc) is 3.35. The highest BCUT2D eigenvalue weighted by atomic mass is 16.7. The molecule has 9 nitrogen and oxygen atoms in total. The second-order valence-corrected chi connectivity index (χ2v) is 7.71. The van der Waals surface area contributed by atoms with Crippen LogP contribution in [0.15, 0.2) is 35.6 Å². The maximum absolute atomic E-state index is 12.8. The van der Waals surface area contributed by atoms with E-state index in [1.54, 1.807) is 12.1 Å². The molecule has 9 heteroatoms. The SMILES string of the molecule is COC1=CC([C@@H]2c3cc4c(cc3[C@H](OC(C)=O)[C@H]3COC(=O)[C@@H]32)OCO4)=CC(=O)C1=O. The number of methoxy groups -OCH3 is 1. The van der Waals surface area contributed by atoms with E-state index < -0.39 is 47.4 Å². The van der Waals surface area contributed by atoms with Crippen LogP contribution < -0.4 is 9.47 Å². The van der Waals surface area contributed by atoms with Crippen LogP contribution in [0.1, 0.15) is 30.1 Å². The number of fused-ring (bicyclic) bond motifs is 3. The molecule has 2 heterocycles. The second kappa shape index (κ2) is 6.97. The minimum Gasteiger partial charge on any atom is -0.492 e. The minimum absolute atomic E-state index is 0.0411. The van der Waals surface area contributed by atoms with E-state index in [0.717, 1.165) is 0 Å². The molecule has 31 heavy (non-hydrogen) atoms. The van der Waals surface area contributed by atoms with Crippen LogP contribution in [0.5, 0.6) is 11.5 Å². The zero-order valence-corrected chi connectivity index (χ0v) is 16.7. The van der Waals surface area contributed by atoms with Gasteiger partial charge in [0.1, 0.15) is 6.10 Å². The van der Waals surface area contributed by atoms with E-state index in [0.29, 0.717) is 28.2 Å². The predicted molar refractivity (Wildman–Crippen MR) is 101 cm³/mol. The molecule has 160 valence electrons. The summed E-state index contributed by atoms with van der Waals surface area (Å²) in [5.41, 5.74) is 1.72. The number of cyclic esters (lactones) is 1. The maximum atomic E-state index is 12.8. The first-order valence-electron chi connectivity index (χ1n) is 9.72. The van der Waals surface area contributed by atoms with Gasteiger partial charge in [-0.15, -0.1) is 0 Å². The zero-order chi connectivity index (χ0) is 21.9. The number of rotatable bonds is 3. The second-order valence-electron chi connectivity index (χ2n) is 7.71. The van der Waals surface area contributed by atoms with Crippen molar-refractivity contribution in [2.24, 2.45) is 11.8 Å². The van der Waals surface area contributed by atoms with Gasteiger partial charge >= 0.3 is 11.9 Å².